The lowest BCUT2D eigenvalue weighted by Gasteiger charge is -2.26. The average molecular weight is 599 g/mol. The number of rotatable bonds is 11. The van der Waals surface area contributed by atoms with Gasteiger partial charge in [-0.15, -0.1) is 0 Å². The summed E-state index contributed by atoms with van der Waals surface area (Å²) in [5, 5.41) is 3.13. The van der Waals surface area contributed by atoms with Crippen molar-refractivity contribution in [3.05, 3.63) is 96.0 Å². The van der Waals surface area contributed by atoms with Crippen molar-refractivity contribution in [1.82, 2.24) is 0 Å². The van der Waals surface area contributed by atoms with Crippen LogP contribution >= 0.6 is 23.4 Å². The number of amides is 1. The molecule has 0 fully saturated rings. The fourth-order valence-electron chi connectivity index (χ4n) is 3.86. The molecule has 0 unspecified atom stereocenters. The standard InChI is InChI=1S/C29H27ClN2O6S2/c1-36-25-15-13-20(30)17-24(25)32(40(34,35)22-14-16-26(37-2)27(18-22)38-3)19-29(33)31-23-11-7-8-12-28(23)39-21-9-5-4-6-10-21/h4-18H,19H2,1-3H3,(H,31,33). The molecule has 40 heavy (non-hydrogen) atoms. The molecule has 4 aromatic carbocycles. The zero-order valence-corrected chi connectivity index (χ0v) is 24.3. The first-order valence-corrected chi connectivity index (χ1v) is 14.6. The molecule has 0 saturated carbocycles. The Bertz CT molecular complexity index is 1600. The second-order valence-corrected chi connectivity index (χ2v) is 11.7. The molecule has 0 spiro atoms. The minimum absolute atomic E-state index is 0.104. The number of ether oxygens (including phenoxy) is 3. The number of carbonyl (C=O) groups is 1. The molecule has 0 aromatic heterocycles. The van der Waals surface area contributed by atoms with Gasteiger partial charge in [-0.05, 0) is 54.6 Å². The largest absolute Gasteiger partial charge is 0.495 e. The minimum atomic E-state index is -4.31. The highest BCUT2D eigenvalue weighted by Crippen LogP contribution is 2.37. The monoisotopic (exact) mass is 598 g/mol. The highest BCUT2D eigenvalue weighted by Gasteiger charge is 2.31. The van der Waals surface area contributed by atoms with Crippen molar-refractivity contribution >= 4 is 50.7 Å². The van der Waals surface area contributed by atoms with Gasteiger partial charge in [0.15, 0.2) is 11.5 Å². The smallest absolute Gasteiger partial charge is 0.265 e. The Balaban J connectivity index is 1.71. The van der Waals surface area contributed by atoms with Gasteiger partial charge in [-0.2, -0.15) is 0 Å². The number of methoxy groups -OCH3 is 3. The number of nitrogens with zero attached hydrogens (tertiary/aromatic N) is 1. The highest BCUT2D eigenvalue weighted by atomic mass is 35.5. The lowest BCUT2D eigenvalue weighted by atomic mass is 10.3. The van der Waals surface area contributed by atoms with Crippen LogP contribution in [0.25, 0.3) is 0 Å². The van der Waals surface area contributed by atoms with Crippen LogP contribution in [0.3, 0.4) is 0 Å². The molecule has 0 heterocycles. The lowest BCUT2D eigenvalue weighted by molar-refractivity contribution is -0.114. The van der Waals surface area contributed by atoms with Crippen LogP contribution in [-0.2, 0) is 14.8 Å². The molecule has 0 aliphatic heterocycles. The maximum absolute atomic E-state index is 14.0. The predicted molar refractivity (Wildman–Crippen MR) is 158 cm³/mol. The van der Waals surface area contributed by atoms with Crippen molar-refractivity contribution < 1.29 is 27.4 Å². The van der Waals surface area contributed by atoms with Crippen LogP contribution < -0.4 is 23.8 Å². The van der Waals surface area contributed by atoms with Gasteiger partial charge in [0.1, 0.15) is 12.3 Å². The summed E-state index contributed by atoms with van der Waals surface area (Å²) in [5.41, 5.74) is 0.648. The molecule has 0 aliphatic rings. The van der Waals surface area contributed by atoms with E-state index in [1.54, 1.807) is 24.3 Å². The molecule has 4 aromatic rings. The molecule has 0 aliphatic carbocycles. The summed E-state index contributed by atoms with van der Waals surface area (Å²) in [6, 6.07) is 25.8. The molecule has 1 amide bonds. The summed E-state index contributed by atoms with van der Waals surface area (Å²) in [6.07, 6.45) is 0. The number of hydrogen-bond donors (Lipinski definition) is 1. The van der Waals surface area contributed by atoms with Crippen LogP contribution in [0, 0.1) is 0 Å². The Labute approximate surface area is 242 Å². The summed E-state index contributed by atoms with van der Waals surface area (Å²) >= 11 is 7.73. The van der Waals surface area contributed by atoms with Gasteiger partial charge in [-0.25, -0.2) is 8.42 Å². The zero-order valence-electron chi connectivity index (χ0n) is 22.0. The summed E-state index contributed by atoms with van der Waals surface area (Å²) in [7, 11) is -0.0472. The van der Waals surface area contributed by atoms with Crippen LogP contribution in [0.4, 0.5) is 11.4 Å². The van der Waals surface area contributed by atoms with E-state index in [1.165, 1.54) is 57.4 Å². The second kappa shape index (κ2) is 13.0. The number of anilines is 2. The molecule has 11 heteroatoms. The van der Waals surface area contributed by atoms with Crippen molar-refractivity contribution in [3.8, 4) is 17.2 Å². The Hall–Kier alpha value is -3.86. The number of sulfonamides is 1. The van der Waals surface area contributed by atoms with Gasteiger partial charge in [0.05, 0.1) is 37.6 Å². The third-order valence-corrected chi connectivity index (χ3v) is 8.85. The van der Waals surface area contributed by atoms with E-state index in [4.69, 9.17) is 25.8 Å². The van der Waals surface area contributed by atoms with Crippen LogP contribution in [-0.4, -0.2) is 42.2 Å². The van der Waals surface area contributed by atoms with Crippen molar-refractivity contribution in [2.75, 3.05) is 37.5 Å². The number of nitrogens with one attached hydrogen (secondary N) is 1. The van der Waals surface area contributed by atoms with E-state index in [-0.39, 0.29) is 27.1 Å². The normalized spacial score (nSPS) is 11.0. The van der Waals surface area contributed by atoms with Crippen molar-refractivity contribution in [3.63, 3.8) is 0 Å². The van der Waals surface area contributed by atoms with E-state index in [1.807, 2.05) is 42.5 Å². The molecule has 1 N–H and O–H groups in total. The van der Waals surface area contributed by atoms with Crippen LogP contribution in [0.15, 0.2) is 106 Å². The molecule has 0 atom stereocenters. The van der Waals surface area contributed by atoms with Crippen LogP contribution in [0.5, 0.6) is 17.2 Å². The molecule has 208 valence electrons. The molecule has 0 saturated heterocycles. The Morgan fingerprint density at radius 1 is 0.825 bits per heavy atom. The first-order chi connectivity index (χ1) is 19.3. The number of para-hydroxylation sites is 1. The Kier molecular flexibility index (Phi) is 9.46. The number of halogens is 1. The first kappa shape index (κ1) is 29.1. The highest BCUT2D eigenvalue weighted by molar-refractivity contribution is 7.99. The summed E-state index contributed by atoms with van der Waals surface area (Å²) in [6.45, 7) is -0.558. The number of hydrogen-bond acceptors (Lipinski definition) is 7. The Morgan fingerprint density at radius 3 is 2.17 bits per heavy atom. The molecule has 4 rings (SSSR count). The van der Waals surface area contributed by atoms with Crippen molar-refractivity contribution in [1.29, 1.82) is 0 Å². The van der Waals surface area contributed by atoms with Gasteiger partial charge in [-0.3, -0.25) is 9.10 Å². The lowest BCUT2D eigenvalue weighted by Crippen LogP contribution is -2.38. The van der Waals surface area contributed by atoms with E-state index >= 15 is 0 Å². The zero-order chi connectivity index (χ0) is 28.7. The summed E-state index contributed by atoms with van der Waals surface area (Å²) < 4.78 is 45.0. The fraction of sp³-hybridized carbons (Fsp3) is 0.138. The van der Waals surface area contributed by atoms with Crippen LogP contribution in [0.2, 0.25) is 5.02 Å². The number of carbonyl (C=O) groups excluding carboxylic acids is 1. The van der Waals surface area contributed by atoms with E-state index in [2.05, 4.69) is 5.32 Å². The third-order valence-electron chi connectivity index (χ3n) is 5.77. The first-order valence-electron chi connectivity index (χ1n) is 12.0. The van der Waals surface area contributed by atoms with E-state index < -0.39 is 22.5 Å². The van der Waals surface area contributed by atoms with E-state index in [0.29, 0.717) is 11.4 Å². The van der Waals surface area contributed by atoms with Gasteiger partial charge in [0.25, 0.3) is 10.0 Å². The van der Waals surface area contributed by atoms with Gasteiger partial charge in [0, 0.05) is 20.9 Å². The molecule has 0 radical (unpaired) electrons. The van der Waals surface area contributed by atoms with Gasteiger partial charge < -0.3 is 19.5 Å². The maximum Gasteiger partial charge on any atom is 0.265 e. The quantitative estimate of drug-likeness (QED) is 0.215. The molecule has 8 nitrogen and oxygen atoms in total. The van der Waals surface area contributed by atoms with E-state index in [0.717, 1.165) is 14.1 Å². The maximum atomic E-state index is 14.0. The summed E-state index contributed by atoms with van der Waals surface area (Å²) in [5.74, 6) is 0.241. The van der Waals surface area contributed by atoms with Gasteiger partial charge in [-0.1, -0.05) is 53.7 Å². The van der Waals surface area contributed by atoms with E-state index in [9.17, 15) is 13.2 Å². The number of benzene rings is 4. The molecular formula is C29H27ClN2O6S2. The second-order valence-electron chi connectivity index (χ2n) is 8.30. The SMILES string of the molecule is COc1ccc(S(=O)(=O)N(CC(=O)Nc2ccccc2Sc2ccccc2)c2cc(Cl)ccc2OC)cc1OC. The molecule has 0 bridgehead atoms. The average Bonchev–Trinajstić information content (AvgIpc) is 2.97. The van der Waals surface area contributed by atoms with Gasteiger partial charge >= 0.3 is 0 Å². The predicted octanol–water partition coefficient (Wildman–Crippen LogP) is 6.35. The van der Waals surface area contributed by atoms with Crippen LogP contribution in [0.1, 0.15) is 0 Å². The third kappa shape index (κ3) is 6.64. The van der Waals surface area contributed by atoms with Crippen molar-refractivity contribution in [2.24, 2.45) is 0 Å². The minimum Gasteiger partial charge on any atom is -0.495 e. The fourth-order valence-corrected chi connectivity index (χ4v) is 6.38. The Morgan fingerprint density at radius 2 is 1.48 bits per heavy atom. The summed E-state index contributed by atoms with van der Waals surface area (Å²) in [4.78, 5) is 15.1. The van der Waals surface area contributed by atoms with Crippen molar-refractivity contribution in [2.45, 2.75) is 14.7 Å². The topological polar surface area (TPSA) is 94.2 Å². The van der Waals surface area contributed by atoms with Gasteiger partial charge in [0.2, 0.25) is 5.91 Å². The molecular weight excluding hydrogens is 572 g/mol.